The molecule has 3 heterocycles. The number of allylic oxidation sites excluding steroid dienone is 3. The largest absolute Gasteiger partial charge is 0.455 e. The molecule has 2 saturated carbocycles. The van der Waals surface area contributed by atoms with Gasteiger partial charge in [0.2, 0.25) is 0 Å². The van der Waals surface area contributed by atoms with Crippen molar-refractivity contribution >= 4 is 11.8 Å². The molecule has 6 aliphatic rings. The summed E-state index contributed by atoms with van der Waals surface area (Å²) < 4.78 is 33.2. The number of ether oxygens (including phenoxy) is 5. The Kier molecular flexibility index (Phi) is 7.65. The molecule has 1 aromatic carbocycles. The number of fused-ring (bicyclic) bond motifs is 3. The highest BCUT2D eigenvalue weighted by molar-refractivity contribution is 6.05. The predicted octanol–water partition coefficient (Wildman–Crippen LogP) is 3.70. The molecule has 3 aliphatic carbocycles. The lowest BCUT2D eigenvalue weighted by atomic mass is 9.53. The van der Waals surface area contributed by atoms with Crippen molar-refractivity contribution in [3.63, 3.8) is 0 Å². The second-order valence-electron chi connectivity index (χ2n) is 14.1. The van der Waals surface area contributed by atoms with E-state index >= 15 is 0 Å². The van der Waals surface area contributed by atoms with E-state index in [-0.39, 0.29) is 5.57 Å². The number of Topliss-reactive ketones (excluding diaryl/α,β-unsaturated/α-hetero) is 1. The van der Waals surface area contributed by atoms with Gasteiger partial charge in [0.25, 0.3) is 0 Å². The Morgan fingerprint density at radius 2 is 1.85 bits per heavy atom. The molecule has 0 unspecified atom stereocenters. The summed E-state index contributed by atoms with van der Waals surface area (Å²) in [6.45, 7) is 11.0. The Morgan fingerprint density at radius 1 is 1.11 bits per heavy atom. The third kappa shape index (κ3) is 4.16. The summed E-state index contributed by atoms with van der Waals surface area (Å²) in [5, 5.41) is 34.9. The molecule has 0 aromatic heterocycles. The summed E-state index contributed by atoms with van der Waals surface area (Å²) in [4.78, 5) is 27.6. The number of carbonyl (C=O) groups is 2. The zero-order valence-corrected chi connectivity index (χ0v) is 27.3. The van der Waals surface area contributed by atoms with Gasteiger partial charge in [-0.1, -0.05) is 75.8 Å². The van der Waals surface area contributed by atoms with Gasteiger partial charge in [0.05, 0.1) is 17.8 Å². The van der Waals surface area contributed by atoms with Crippen molar-refractivity contribution < 1.29 is 48.6 Å². The number of hydrogen-bond donors (Lipinski definition) is 3. The number of benzene rings is 1. The smallest absolute Gasteiger partial charge is 0.338 e. The van der Waals surface area contributed by atoms with E-state index in [1.165, 1.54) is 0 Å². The first-order chi connectivity index (χ1) is 22.4. The molecule has 3 saturated heterocycles. The fraction of sp³-hybridized carbons (Fsp3) is 0.568. The molecule has 1 aromatic rings. The van der Waals surface area contributed by atoms with Crippen LogP contribution in [0.5, 0.6) is 0 Å². The van der Waals surface area contributed by atoms with Crippen molar-refractivity contribution in [3.8, 4) is 0 Å². The van der Waals surface area contributed by atoms with Crippen LogP contribution in [0, 0.1) is 17.8 Å². The second-order valence-corrected chi connectivity index (χ2v) is 14.1. The van der Waals surface area contributed by atoms with Crippen LogP contribution < -0.4 is 0 Å². The minimum absolute atomic E-state index is 0.238. The van der Waals surface area contributed by atoms with E-state index in [1.54, 1.807) is 62.4 Å². The summed E-state index contributed by atoms with van der Waals surface area (Å²) >= 11 is 0. The molecule has 7 rings (SSSR count). The third-order valence-corrected chi connectivity index (χ3v) is 11.5. The SMILES string of the molecule is C=C(C)[C@@]12O[C@@]3(/C=C/C=C\CCCCC)O[C@@H]1[C@@H]1[C@@H]4O[C@]4(CO)[C@@H](O)[C@]4(O)C(=O)C(C)=C[C@H]4[C@@]1(O3)[C@H](C)[C@H]2OC(=O)c1ccccc1. The van der Waals surface area contributed by atoms with Gasteiger partial charge < -0.3 is 39.0 Å². The fourth-order valence-corrected chi connectivity index (χ4v) is 9.24. The molecule has 12 atom stereocenters. The molecule has 0 amide bonds. The van der Waals surface area contributed by atoms with Crippen LogP contribution >= 0.6 is 0 Å². The number of hydrogen-bond acceptors (Lipinski definition) is 10. The van der Waals surface area contributed by atoms with Crippen molar-refractivity contribution in [2.75, 3.05) is 6.61 Å². The van der Waals surface area contributed by atoms with Gasteiger partial charge in [-0.25, -0.2) is 4.79 Å². The Balaban J connectivity index is 1.41. The number of unbranched alkanes of at least 4 members (excludes halogenated alkanes) is 3. The Bertz CT molecular complexity index is 1570. The molecule has 0 radical (unpaired) electrons. The van der Waals surface area contributed by atoms with Gasteiger partial charge in [-0.15, -0.1) is 0 Å². The molecule has 5 fully saturated rings. The normalized spacial score (nSPS) is 45.8. The van der Waals surface area contributed by atoms with Crippen molar-refractivity contribution in [2.24, 2.45) is 17.8 Å². The first-order valence-electron chi connectivity index (χ1n) is 16.7. The lowest BCUT2D eigenvalue weighted by Crippen LogP contribution is -2.76. The maximum absolute atomic E-state index is 13.8. The van der Waals surface area contributed by atoms with Crippen molar-refractivity contribution in [3.05, 3.63) is 84.0 Å². The van der Waals surface area contributed by atoms with Crippen LogP contribution in [0.1, 0.15) is 63.7 Å². The van der Waals surface area contributed by atoms with Crippen LogP contribution in [0.4, 0.5) is 0 Å². The lowest BCUT2D eigenvalue weighted by molar-refractivity contribution is -0.407. The lowest BCUT2D eigenvalue weighted by Gasteiger charge is -2.61. The Hall–Kier alpha value is -2.96. The van der Waals surface area contributed by atoms with Crippen molar-refractivity contribution in [1.29, 1.82) is 0 Å². The number of ketones is 1. The number of aliphatic hydroxyl groups excluding tert-OH is 2. The highest BCUT2D eigenvalue weighted by Gasteiger charge is 2.90. The molecular weight excluding hydrogens is 604 g/mol. The minimum atomic E-state index is -2.41. The number of carbonyl (C=O) groups excluding carboxylic acids is 2. The minimum Gasteiger partial charge on any atom is -0.455 e. The number of rotatable bonds is 10. The van der Waals surface area contributed by atoms with Gasteiger partial charge in [-0.3, -0.25) is 4.79 Å². The fourth-order valence-electron chi connectivity index (χ4n) is 9.24. The van der Waals surface area contributed by atoms with E-state index in [0.717, 1.165) is 25.7 Å². The molecule has 47 heavy (non-hydrogen) atoms. The maximum atomic E-state index is 13.8. The topological polar surface area (TPSA) is 144 Å². The van der Waals surface area contributed by atoms with Crippen LogP contribution in [0.15, 0.2) is 78.4 Å². The molecule has 3 aliphatic heterocycles. The molecule has 252 valence electrons. The van der Waals surface area contributed by atoms with E-state index in [2.05, 4.69) is 13.5 Å². The van der Waals surface area contributed by atoms with Crippen LogP contribution in [0.3, 0.4) is 0 Å². The van der Waals surface area contributed by atoms with Gasteiger partial charge in [-0.05, 0) is 50.0 Å². The summed E-state index contributed by atoms with van der Waals surface area (Å²) in [5.41, 5.74) is -6.01. The monoisotopic (exact) mass is 648 g/mol. The summed E-state index contributed by atoms with van der Waals surface area (Å²) in [6.07, 6.45) is 8.51. The standard InChI is InChI=1S/C37H44O10/c1-6-7-8-9-10-11-15-18-34-45-30-26-29-33(20-38,44-29)32(41)35(42)25(19-22(4)27(35)39)37(26,47-34)23(5)28(36(30,46-34)21(2)3)43-31(40)24-16-13-12-14-17-24/h10-19,23,25-26,28-30,32,38,41-42H,2,6-9,20H2,1,3-5H3/b11-10-,18-15+/t23-,25-,26+,28-,29+,30-,32-,33+,34-,35-,36+,37+/m1/s1. The molecular formula is C37H44O10. The highest BCUT2D eigenvalue weighted by atomic mass is 16.9. The van der Waals surface area contributed by atoms with E-state index in [4.69, 9.17) is 23.7 Å². The molecule has 0 spiro atoms. The predicted molar refractivity (Wildman–Crippen MR) is 169 cm³/mol. The Morgan fingerprint density at radius 3 is 2.53 bits per heavy atom. The van der Waals surface area contributed by atoms with Crippen LogP contribution in [0.2, 0.25) is 0 Å². The van der Waals surface area contributed by atoms with Crippen molar-refractivity contribution in [2.45, 2.75) is 106 Å². The average molecular weight is 649 g/mol. The van der Waals surface area contributed by atoms with Gasteiger partial charge in [-0.2, -0.15) is 0 Å². The van der Waals surface area contributed by atoms with E-state index < -0.39 is 88.9 Å². The molecule has 10 heteroatoms. The van der Waals surface area contributed by atoms with E-state index in [0.29, 0.717) is 11.1 Å². The van der Waals surface area contributed by atoms with E-state index in [1.807, 2.05) is 19.1 Å². The van der Waals surface area contributed by atoms with Gasteiger partial charge in [0.15, 0.2) is 17.0 Å². The zero-order chi connectivity index (χ0) is 33.6. The summed E-state index contributed by atoms with van der Waals surface area (Å²) in [6, 6.07) is 8.57. The maximum Gasteiger partial charge on any atom is 0.338 e. The van der Waals surface area contributed by atoms with E-state index in [9.17, 15) is 24.9 Å². The molecule has 3 N–H and O–H groups in total. The first-order valence-corrected chi connectivity index (χ1v) is 16.7. The molecule has 3 bridgehead atoms. The average Bonchev–Trinajstić information content (AvgIpc) is 3.69. The number of aliphatic hydroxyl groups is 3. The van der Waals surface area contributed by atoms with Crippen molar-refractivity contribution in [1.82, 2.24) is 0 Å². The summed E-state index contributed by atoms with van der Waals surface area (Å²) in [5.74, 6) is -5.81. The summed E-state index contributed by atoms with van der Waals surface area (Å²) in [7, 11) is 0. The van der Waals surface area contributed by atoms with Crippen LogP contribution in [0.25, 0.3) is 0 Å². The first kappa shape index (κ1) is 32.6. The van der Waals surface area contributed by atoms with Crippen LogP contribution in [-0.4, -0.2) is 86.5 Å². The zero-order valence-electron chi connectivity index (χ0n) is 27.3. The molecule has 10 nitrogen and oxygen atoms in total. The second kappa shape index (κ2) is 11.0. The van der Waals surface area contributed by atoms with Gasteiger partial charge >= 0.3 is 11.9 Å². The van der Waals surface area contributed by atoms with Gasteiger partial charge in [0.1, 0.15) is 30.0 Å². The number of epoxide rings is 1. The quantitative estimate of drug-likeness (QED) is 0.113. The number of esters is 1. The highest BCUT2D eigenvalue weighted by Crippen LogP contribution is 2.73. The van der Waals surface area contributed by atoms with Crippen LogP contribution in [-0.2, 0) is 28.5 Å². The Labute approximate surface area is 274 Å². The third-order valence-electron chi connectivity index (χ3n) is 11.5. The van der Waals surface area contributed by atoms with Gasteiger partial charge in [0, 0.05) is 23.8 Å².